The predicted molar refractivity (Wildman–Crippen MR) is 109 cm³/mol. The monoisotopic (exact) mass is 468 g/mol. The van der Waals surface area contributed by atoms with Gasteiger partial charge in [-0.1, -0.05) is 20.8 Å². The lowest BCUT2D eigenvalue weighted by Gasteiger charge is -2.41. The Labute approximate surface area is 183 Å². The first-order valence-electron chi connectivity index (χ1n) is 10.5. The molecular weight excluding hydrogens is 438 g/mol. The van der Waals surface area contributed by atoms with Gasteiger partial charge in [0.15, 0.2) is 0 Å². The second kappa shape index (κ2) is 9.49. The maximum Gasteiger partial charge on any atom is 0.416 e. The zero-order valence-electron chi connectivity index (χ0n) is 18.4. The lowest BCUT2D eigenvalue weighted by Crippen LogP contribution is -2.46. The van der Waals surface area contributed by atoms with Gasteiger partial charge in [0.2, 0.25) is 5.91 Å². The molecule has 4 nitrogen and oxygen atoms in total. The molecule has 1 atom stereocenters. The second-order valence-electron chi connectivity index (χ2n) is 9.64. The fourth-order valence-corrected chi connectivity index (χ4v) is 3.97. The van der Waals surface area contributed by atoms with E-state index >= 15 is 0 Å². The Morgan fingerprint density at radius 3 is 1.84 bits per heavy atom. The molecule has 182 valence electrons. The van der Waals surface area contributed by atoms with Crippen molar-refractivity contribution >= 4 is 11.6 Å². The molecule has 0 aromatic heterocycles. The first-order chi connectivity index (χ1) is 14.5. The Balaban J connectivity index is 2.46. The van der Waals surface area contributed by atoms with E-state index in [4.69, 9.17) is 5.73 Å². The third-order valence-electron chi connectivity index (χ3n) is 6.02. The van der Waals surface area contributed by atoms with Crippen molar-refractivity contribution in [1.29, 1.82) is 0 Å². The average Bonchev–Trinajstić information content (AvgIpc) is 2.63. The molecule has 0 radical (unpaired) electrons. The summed E-state index contributed by atoms with van der Waals surface area (Å²) in [5, 5.41) is 10.6. The number of hydrogen-bond donors (Lipinski definition) is 2. The van der Waals surface area contributed by atoms with E-state index in [0.717, 1.165) is 0 Å². The molecule has 0 aliphatic heterocycles. The van der Waals surface area contributed by atoms with Crippen LogP contribution in [0.25, 0.3) is 0 Å². The normalized spacial score (nSPS) is 21.3. The number of carbonyl (C=O) groups excluding carboxylic acids is 1. The summed E-state index contributed by atoms with van der Waals surface area (Å²) < 4.78 is 80.3. The summed E-state index contributed by atoms with van der Waals surface area (Å²) in [6.07, 6.45) is -8.64. The summed E-state index contributed by atoms with van der Waals surface area (Å²) >= 11 is 0. The van der Waals surface area contributed by atoms with Crippen LogP contribution >= 0.6 is 0 Å². The summed E-state index contributed by atoms with van der Waals surface area (Å²) in [5.41, 5.74) is 1.61. The number of benzene rings is 1. The molecule has 1 aliphatic carbocycles. The van der Waals surface area contributed by atoms with Crippen LogP contribution in [0, 0.1) is 11.3 Å². The molecular formula is C22H30F6N2O2. The number of primary amides is 1. The highest BCUT2D eigenvalue weighted by Crippen LogP contribution is 2.40. The fourth-order valence-electron chi connectivity index (χ4n) is 3.97. The van der Waals surface area contributed by atoms with Crippen LogP contribution in [0.15, 0.2) is 18.2 Å². The van der Waals surface area contributed by atoms with Crippen LogP contribution in [0.3, 0.4) is 0 Å². The number of carbonyl (C=O) groups is 1. The Hall–Kier alpha value is -1.97. The van der Waals surface area contributed by atoms with E-state index in [2.05, 4.69) is 0 Å². The Morgan fingerprint density at radius 1 is 1.00 bits per heavy atom. The quantitative estimate of drug-likeness (QED) is 0.552. The number of halogens is 6. The molecule has 0 heterocycles. The topological polar surface area (TPSA) is 66.6 Å². The summed E-state index contributed by atoms with van der Waals surface area (Å²) in [6.45, 7) is 5.11. The van der Waals surface area contributed by atoms with Crippen molar-refractivity contribution in [2.24, 2.45) is 17.1 Å². The number of nitrogens with two attached hydrogens (primary N) is 1. The molecule has 0 bridgehead atoms. The first kappa shape index (κ1) is 26.3. The van der Waals surface area contributed by atoms with Crippen LogP contribution in [0.2, 0.25) is 0 Å². The van der Waals surface area contributed by atoms with Gasteiger partial charge >= 0.3 is 12.4 Å². The maximum atomic E-state index is 13.4. The number of nitrogens with zero attached hydrogens (tertiary/aromatic N) is 1. The number of rotatable bonds is 6. The van der Waals surface area contributed by atoms with E-state index < -0.39 is 40.9 Å². The Bertz CT molecular complexity index is 761. The van der Waals surface area contributed by atoms with E-state index in [-0.39, 0.29) is 36.7 Å². The van der Waals surface area contributed by atoms with Gasteiger partial charge < -0.3 is 15.7 Å². The van der Waals surface area contributed by atoms with Crippen molar-refractivity contribution in [3.8, 4) is 0 Å². The zero-order chi connectivity index (χ0) is 24.5. The van der Waals surface area contributed by atoms with Gasteiger partial charge in [0.1, 0.15) is 0 Å². The van der Waals surface area contributed by atoms with Crippen molar-refractivity contribution in [3.63, 3.8) is 0 Å². The summed E-state index contributed by atoms with van der Waals surface area (Å²) in [7, 11) is 0. The third-order valence-corrected chi connectivity index (χ3v) is 6.02. The van der Waals surface area contributed by atoms with Crippen LogP contribution in [-0.2, 0) is 17.1 Å². The van der Waals surface area contributed by atoms with Crippen molar-refractivity contribution in [2.75, 3.05) is 11.4 Å². The molecule has 1 aromatic rings. The van der Waals surface area contributed by atoms with Gasteiger partial charge in [0.25, 0.3) is 0 Å². The number of aliphatic hydroxyl groups is 1. The molecule has 0 saturated heterocycles. The number of alkyl halides is 6. The van der Waals surface area contributed by atoms with Crippen LogP contribution in [0.1, 0.15) is 64.0 Å². The molecule has 1 saturated carbocycles. The molecule has 2 rings (SSSR count). The Kier molecular flexibility index (Phi) is 7.79. The van der Waals surface area contributed by atoms with Crippen molar-refractivity contribution < 1.29 is 36.2 Å². The molecule has 1 aliphatic rings. The van der Waals surface area contributed by atoms with Crippen molar-refractivity contribution in [2.45, 2.75) is 77.4 Å². The highest BCUT2D eigenvalue weighted by Gasteiger charge is 2.39. The molecule has 1 fully saturated rings. The van der Waals surface area contributed by atoms with Crippen LogP contribution in [0.5, 0.6) is 0 Å². The number of aliphatic hydroxyl groups excluding tert-OH is 1. The standard InChI is InChI=1S/C22H30F6N2O2/c1-20(2,3)18(31)12-30(16-6-4-13(5-7-16)8-19(29)32)17-10-14(21(23,24)25)9-15(11-17)22(26,27)28/h9-11,13,16,18,31H,4-8,12H2,1-3H3,(H2,29,32). The summed E-state index contributed by atoms with van der Waals surface area (Å²) in [4.78, 5) is 12.6. The lowest BCUT2D eigenvalue weighted by atomic mass is 9.82. The fraction of sp³-hybridized carbons (Fsp3) is 0.682. The largest absolute Gasteiger partial charge is 0.416 e. The number of amides is 1. The minimum absolute atomic E-state index is 0.0328. The van der Waals surface area contributed by atoms with Gasteiger partial charge in [-0.25, -0.2) is 0 Å². The average molecular weight is 468 g/mol. The van der Waals surface area contributed by atoms with E-state index in [0.29, 0.717) is 37.8 Å². The molecule has 3 N–H and O–H groups in total. The number of anilines is 1. The van der Waals surface area contributed by atoms with E-state index in [1.165, 1.54) is 4.90 Å². The molecule has 0 spiro atoms. The van der Waals surface area contributed by atoms with Crippen LogP contribution in [-0.4, -0.2) is 29.7 Å². The molecule has 10 heteroatoms. The van der Waals surface area contributed by atoms with Crippen LogP contribution < -0.4 is 10.6 Å². The predicted octanol–water partition coefficient (Wildman–Crippen LogP) is 5.37. The van der Waals surface area contributed by atoms with Gasteiger partial charge in [0.05, 0.1) is 17.2 Å². The third kappa shape index (κ3) is 7.02. The summed E-state index contributed by atoms with van der Waals surface area (Å²) in [6, 6.07) is 1.15. The van der Waals surface area contributed by atoms with E-state index in [1.54, 1.807) is 20.8 Å². The molecule has 32 heavy (non-hydrogen) atoms. The second-order valence-corrected chi connectivity index (χ2v) is 9.64. The lowest BCUT2D eigenvalue weighted by molar-refractivity contribution is -0.143. The molecule has 1 aromatic carbocycles. The maximum absolute atomic E-state index is 13.4. The van der Waals surface area contributed by atoms with Crippen LogP contribution in [0.4, 0.5) is 32.0 Å². The Morgan fingerprint density at radius 2 is 1.47 bits per heavy atom. The SMILES string of the molecule is CC(C)(C)C(O)CN(c1cc(C(F)(F)F)cc(C(F)(F)F)c1)C1CCC(CC(N)=O)CC1. The molecule has 1 amide bonds. The van der Waals surface area contributed by atoms with Gasteiger partial charge in [-0.05, 0) is 55.2 Å². The van der Waals surface area contributed by atoms with Gasteiger partial charge in [-0.3, -0.25) is 4.79 Å². The minimum Gasteiger partial charge on any atom is -0.391 e. The summed E-state index contributed by atoms with van der Waals surface area (Å²) in [5.74, 6) is -0.411. The smallest absolute Gasteiger partial charge is 0.391 e. The van der Waals surface area contributed by atoms with Crippen molar-refractivity contribution in [1.82, 2.24) is 0 Å². The first-order valence-corrected chi connectivity index (χ1v) is 10.5. The minimum atomic E-state index is -4.95. The highest BCUT2D eigenvalue weighted by atomic mass is 19.4. The van der Waals surface area contributed by atoms with E-state index in [1.807, 2.05) is 0 Å². The van der Waals surface area contributed by atoms with Crippen molar-refractivity contribution in [3.05, 3.63) is 29.3 Å². The molecule has 1 unspecified atom stereocenters. The highest BCUT2D eigenvalue weighted by molar-refractivity contribution is 5.74. The van der Waals surface area contributed by atoms with E-state index in [9.17, 15) is 36.2 Å². The number of hydrogen-bond acceptors (Lipinski definition) is 3. The zero-order valence-corrected chi connectivity index (χ0v) is 18.4. The van der Waals surface area contributed by atoms with Gasteiger partial charge in [-0.15, -0.1) is 0 Å². The van der Waals surface area contributed by atoms with Gasteiger partial charge in [0, 0.05) is 24.7 Å². The van der Waals surface area contributed by atoms with Gasteiger partial charge in [-0.2, -0.15) is 26.3 Å².